The van der Waals surface area contributed by atoms with Gasteiger partial charge in [-0.15, -0.1) is 0 Å². The summed E-state index contributed by atoms with van der Waals surface area (Å²) in [6.07, 6.45) is 3.36. The first-order valence-electron chi connectivity index (χ1n) is 7.60. The van der Waals surface area contributed by atoms with E-state index in [2.05, 4.69) is 9.97 Å². The van der Waals surface area contributed by atoms with Crippen LogP contribution in [0.2, 0.25) is 0 Å². The van der Waals surface area contributed by atoms with E-state index in [1.165, 1.54) is 12.1 Å². The lowest BCUT2D eigenvalue weighted by Crippen LogP contribution is -2.37. The molecule has 5 heteroatoms. The van der Waals surface area contributed by atoms with E-state index in [1.54, 1.807) is 6.07 Å². The van der Waals surface area contributed by atoms with Crippen molar-refractivity contribution in [1.82, 2.24) is 14.9 Å². The molecule has 1 saturated heterocycles. The third-order valence-corrected chi connectivity index (χ3v) is 4.16. The van der Waals surface area contributed by atoms with E-state index in [0.717, 1.165) is 49.2 Å². The Hall–Kier alpha value is -1.91. The number of nitrogens with zero attached hydrogens (tertiary/aromatic N) is 2. The Morgan fingerprint density at radius 3 is 2.90 bits per heavy atom. The average molecular weight is 289 g/mol. The Kier molecular flexibility index (Phi) is 3.90. The van der Waals surface area contributed by atoms with Crippen LogP contribution in [-0.2, 0) is 4.79 Å². The van der Waals surface area contributed by atoms with Gasteiger partial charge in [-0.25, -0.2) is 9.37 Å². The number of benzene rings is 1. The van der Waals surface area contributed by atoms with Crippen molar-refractivity contribution in [1.29, 1.82) is 0 Å². The lowest BCUT2D eigenvalue weighted by atomic mass is 9.96. The monoisotopic (exact) mass is 289 g/mol. The summed E-state index contributed by atoms with van der Waals surface area (Å²) < 4.78 is 13.2. The molecule has 1 aliphatic heterocycles. The Bertz CT molecular complexity index is 644. The summed E-state index contributed by atoms with van der Waals surface area (Å²) in [6.45, 7) is 3.60. The summed E-state index contributed by atoms with van der Waals surface area (Å²) in [6, 6.07) is 4.61. The van der Waals surface area contributed by atoms with Gasteiger partial charge in [-0.2, -0.15) is 0 Å². The molecule has 0 bridgehead atoms. The van der Waals surface area contributed by atoms with Gasteiger partial charge in [-0.05, 0) is 37.5 Å². The zero-order valence-corrected chi connectivity index (χ0v) is 12.2. The average Bonchev–Trinajstić information content (AvgIpc) is 2.90. The predicted octanol–water partition coefficient (Wildman–Crippen LogP) is 3.21. The molecule has 0 atom stereocenters. The fraction of sp³-hybridized carbons (Fsp3) is 0.500. The molecular formula is C16H20FN3O. The maximum Gasteiger partial charge on any atom is 0.222 e. The first-order chi connectivity index (χ1) is 10.2. The number of imidazole rings is 1. The molecule has 4 nitrogen and oxygen atoms in total. The molecule has 3 rings (SSSR count). The molecule has 1 N–H and O–H groups in total. The Morgan fingerprint density at radius 2 is 2.19 bits per heavy atom. The number of carbonyl (C=O) groups is 1. The largest absolute Gasteiger partial charge is 0.343 e. The van der Waals surface area contributed by atoms with Crippen molar-refractivity contribution in [2.75, 3.05) is 13.1 Å². The van der Waals surface area contributed by atoms with E-state index in [4.69, 9.17) is 0 Å². The number of hydrogen-bond donors (Lipinski definition) is 1. The van der Waals surface area contributed by atoms with E-state index < -0.39 is 0 Å². The third kappa shape index (κ3) is 2.91. The van der Waals surface area contributed by atoms with Gasteiger partial charge in [0, 0.05) is 25.4 Å². The van der Waals surface area contributed by atoms with Crippen molar-refractivity contribution in [3.05, 3.63) is 29.8 Å². The molecule has 0 aliphatic carbocycles. The number of piperidine rings is 1. The number of aromatic nitrogens is 2. The van der Waals surface area contributed by atoms with Gasteiger partial charge in [0.2, 0.25) is 5.91 Å². The molecular weight excluding hydrogens is 269 g/mol. The Labute approximate surface area is 123 Å². The van der Waals surface area contributed by atoms with Gasteiger partial charge in [0.05, 0.1) is 11.0 Å². The zero-order valence-electron chi connectivity index (χ0n) is 12.2. The van der Waals surface area contributed by atoms with Crippen LogP contribution in [0, 0.1) is 5.82 Å². The number of fused-ring (bicyclic) bond motifs is 1. The molecule has 2 heterocycles. The number of H-pyrrole nitrogens is 1. The maximum absolute atomic E-state index is 13.2. The molecule has 0 spiro atoms. The third-order valence-electron chi connectivity index (χ3n) is 4.16. The normalized spacial score (nSPS) is 16.6. The van der Waals surface area contributed by atoms with Gasteiger partial charge >= 0.3 is 0 Å². The smallest absolute Gasteiger partial charge is 0.222 e. The van der Waals surface area contributed by atoms with Crippen LogP contribution in [0.15, 0.2) is 18.2 Å². The zero-order chi connectivity index (χ0) is 14.8. The van der Waals surface area contributed by atoms with E-state index in [9.17, 15) is 9.18 Å². The molecule has 2 aromatic rings. The number of aromatic amines is 1. The number of carbonyl (C=O) groups excluding carboxylic acids is 1. The molecule has 1 amide bonds. The van der Waals surface area contributed by atoms with E-state index in [-0.39, 0.29) is 11.7 Å². The Morgan fingerprint density at radius 1 is 1.43 bits per heavy atom. The quantitative estimate of drug-likeness (QED) is 0.943. The Balaban J connectivity index is 1.69. The highest BCUT2D eigenvalue weighted by Gasteiger charge is 2.25. The van der Waals surface area contributed by atoms with E-state index in [0.29, 0.717) is 12.3 Å². The van der Waals surface area contributed by atoms with Crippen molar-refractivity contribution >= 4 is 16.9 Å². The minimum Gasteiger partial charge on any atom is -0.343 e. The number of amides is 1. The van der Waals surface area contributed by atoms with Gasteiger partial charge < -0.3 is 9.88 Å². The minimum atomic E-state index is -0.252. The van der Waals surface area contributed by atoms with Crippen molar-refractivity contribution in [3.8, 4) is 0 Å². The molecule has 1 aliphatic rings. The van der Waals surface area contributed by atoms with Crippen LogP contribution in [0.5, 0.6) is 0 Å². The van der Waals surface area contributed by atoms with Gasteiger partial charge in [-0.3, -0.25) is 4.79 Å². The molecule has 0 unspecified atom stereocenters. The second-order valence-electron chi connectivity index (χ2n) is 5.69. The lowest BCUT2D eigenvalue weighted by Gasteiger charge is -2.31. The fourth-order valence-electron chi connectivity index (χ4n) is 2.97. The minimum absolute atomic E-state index is 0.252. The summed E-state index contributed by atoms with van der Waals surface area (Å²) in [5.41, 5.74) is 1.55. The summed E-state index contributed by atoms with van der Waals surface area (Å²) in [5, 5.41) is 0. The van der Waals surface area contributed by atoms with Crippen molar-refractivity contribution in [3.63, 3.8) is 0 Å². The second kappa shape index (κ2) is 5.84. The van der Waals surface area contributed by atoms with Crippen LogP contribution < -0.4 is 0 Å². The van der Waals surface area contributed by atoms with Crippen molar-refractivity contribution in [2.45, 2.75) is 38.5 Å². The highest BCUT2D eigenvalue weighted by molar-refractivity contribution is 5.76. The van der Waals surface area contributed by atoms with Gasteiger partial charge in [-0.1, -0.05) is 6.92 Å². The van der Waals surface area contributed by atoms with E-state index >= 15 is 0 Å². The van der Waals surface area contributed by atoms with Crippen LogP contribution in [-0.4, -0.2) is 33.9 Å². The van der Waals surface area contributed by atoms with Crippen LogP contribution in [0.4, 0.5) is 4.39 Å². The van der Waals surface area contributed by atoms with Crippen LogP contribution >= 0.6 is 0 Å². The second-order valence-corrected chi connectivity index (χ2v) is 5.69. The summed E-state index contributed by atoms with van der Waals surface area (Å²) in [4.78, 5) is 21.6. The standard InChI is InChI=1S/C16H20FN3O/c1-2-3-15(21)20-8-6-11(7-9-20)16-18-13-5-4-12(17)10-14(13)19-16/h4-5,10-11H,2-3,6-9H2,1H3,(H,18,19). The SMILES string of the molecule is CCCC(=O)N1CCC(c2nc3ccc(F)cc3[nH]2)CC1. The van der Waals surface area contributed by atoms with Crippen LogP contribution in [0.25, 0.3) is 11.0 Å². The van der Waals surface area contributed by atoms with Gasteiger partial charge in [0.25, 0.3) is 0 Å². The molecule has 1 aromatic carbocycles. The molecule has 21 heavy (non-hydrogen) atoms. The molecule has 112 valence electrons. The molecule has 1 fully saturated rings. The maximum atomic E-state index is 13.2. The number of likely N-dealkylation sites (tertiary alicyclic amines) is 1. The van der Waals surface area contributed by atoms with Crippen molar-refractivity contribution in [2.24, 2.45) is 0 Å². The van der Waals surface area contributed by atoms with E-state index in [1.807, 2.05) is 11.8 Å². The van der Waals surface area contributed by atoms with Gasteiger partial charge in [0.15, 0.2) is 0 Å². The highest BCUT2D eigenvalue weighted by Crippen LogP contribution is 2.28. The first kappa shape index (κ1) is 14.0. The van der Waals surface area contributed by atoms with Gasteiger partial charge in [0.1, 0.15) is 11.6 Å². The van der Waals surface area contributed by atoms with Crippen molar-refractivity contribution < 1.29 is 9.18 Å². The van der Waals surface area contributed by atoms with Crippen LogP contribution in [0.1, 0.15) is 44.3 Å². The predicted molar refractivity (Wildman–Crippen MR) is 79.5 cm³/mol. The highest BCUT2D eigenvalue weighted by atomic mass is 19.1. The number of halogens is 1. The number of hydrogen-bond acceptors (Lipinski definition) is 2. The number of rotatable bonds is 3. The first-order valence-corrected chi connectivity index (χ1v) is 7.60. The van der Waals surface area contributed by atoms with Crippen LogP contribution in [0.3, 0.4) is 0 Å². The number of nitrogens with one attached hydrogen (secondary N) is 1. The lowest BCUT2D eigenvalue weighted by molar-refractivity contribution is -0.132. The molecule has 0 saturated carbocycles. The fourth-order valence-corrected chi connectivity index (χ4v) is 2.97. The summed E-state index contributed by atoms with van der Waals surface area (Å²) in [7, 11) is 0. The molecule has 0 radical (unpaired) electrons. The summed E-state index contributed by atoms with van der Waals surface area (Å²) >= 11 is 0. The summed E-state index contributed by atoms with van der Waals surface area (Å²) in [5.74, 6) is 1.24. The topological polar surface area (TPSA) is 49.0 Å². The molecule has 1 aromatic heterocycles.